The molecule has 3 aromatic rings. The van der Waals surface area contributed by atoms with Crippen LogP contribution >= 0.6 is 0 Å². The van der Waals surface area contributed by atoms with Crippen LogP contribution in [0.2, 0.25) is 0 Å². The van der Waals surface area contributed by atoms with Crippen molar-refractivity contribution in [1.29, 1.82) is 0 Å². The highest BCUT2D eigenvalue weighted by atomic mass is 19.1. The Morgan fingerprint density at radius 2 is 2.00 bits per heavy atom. The van der Waals surface area contributed by atoms with Crippen molar-refractivity contribution in [2.45, 2.75) is 6.42 Å². The molecule has 2 heterocycles. The third-order valence-electron chi connectivity index (χ3n) is 5.26. The predicted molar refractivity (Wildman–Crippen MR) is 125 cm³/mol. The second-order valence-corrected chi connectivity index (χ2v) is 7.86. The van der Waals surface area contributed by atoms with Crippen LogP contribution in [0.1, 0.15) is 6.42 Å². The SMILES string of the molecule is COCCOc1cc(F)c2c(Nc3ccc(NC(=O)COCC4CCOC4)cc3)ncnc2c1. The largest absolute Gasteiger partial charge is 0.491 e. The summed E-state index contributed by atoms with van der Waals surface area (Å²) in [7, 11) is 1.57. The Hall–Kier alpha value is -3.34. The zero-order chi connectivity index (χ0) is 23.8. The summed E-state index contributed by atoms with van der Waals surface area (Å²) >= 11 is 0. The van der Waals surface area contributed by atoms with Gasteiger partial charge in [-0.3, -0.25) is 4.79 Å². The summed E-state index contributed by atoms with van der Waals surface area (Å²) in [5.74, 6) is 0.322. The summed E-state index contributed by atoms with van der Waals surface area (Å²) in [5.41, 5.74) is 1.72. The van der Waals surface area contributed by atoms with Crippen LogP contribution in [0.15, 0.2) is 42.7 Å². The second kappa shape index (κ2) is 11.7. The van der Waals surface area contributed by atoms with Crippen LogP contribution in [0.25, 0.3) is 10.9 Å². The van der Waals surface area contributed by atoms with Gasteiger partial charge in [-0.2, -0.15) is 0 Å². The summed E-state index contributed by atoms with van der Waals surface area (Å²) in [4.78, 5) is 20.4. The number of carbonyl (C=O) groups excluding carboxylic acids is 1. The lowest BCUT2D eigenvalue weighted by molar-refractivity contribution is -0.121. The van der Waals surface area contributed by atoms with Gasteiger partial charge < -0.3 is 29.6 Å². The van der Waals surface area contributed by atoms with Gasteiger partial charge in [-0.1, -0.05) is 0 Å². The van der Waals surface area contributed by atoms with Crippen molar-refractivity contribution in [1.82, 2.24) is 9.97 Å². The van der Waals surface area contributed by atoms with Crippen LogP contribution in [0.5, 0.6) is 5.75 Å². The molecule has 1 aliphatic heterocycles. The topological polar surface area (TPSA) is 104 Å². The fraction of sp³-hybridized carbons (Fsp3) is 0.375. The Kier molecular flexibility index (Phi) is 8.18. The molecule has 9 nitrogen and oxygen atoms in total. The van der Waals surface area contributed by atoms with Gasteiger partial charge in [-0.15, -0.1) is 0 Å². The van der Waals surface area contributed by atoms with E-state index in [1.807, 2.05) is 0 Å². The first-order valence-electron chi connectivity index (χ1n) is 11.0. The van der Waals surface area contributed by atoms with Gasteiger partial charge in [0.15, 0.2) is 0 Å². The molecule has 2 N–H and O–H groups in total. The van der Waals surface area contributed by atoms with Crippen molar-refractivity contribution in [2.24, 2.45) is 5.92 Å². The maximum Gasteiger partial charge on any atom is 0.250 e. The highest BCUT2D eigenvalue weighted by Gasteiger charge is 2.16. The molecular formula is C24H27FN4O5. The standard InChI is InChI=1S/C24H27FN4O5/c1-31-8-9-34-19-10-20(25)23-21(11-19)26-15-27-24(23)29-18-4-2-17(3-5-18)28-22(30)14-33-13-16-6-7-32-12-16/h2-5,10-11,15-16H,6-9,12-14H2,1H3,(H,28,30)(H,26,27,29). The molecule has 1 saturated heterocycles. The summed E-state index contributed by atoms with van der Waals surface area (Å²) in [6.07, 6.45) is 2.32. The van der Waals surface area contributed by atoms with E-state index in [0.29, 0.717) is 60.8 Å². The monoisotopic (exact) mass is 470 g/mol. The van der Waals surface area contributed by atoms with E-state index in [4.69, 9.17) is 18.9 Å². The van der Waals surface area contributed by atoms with Crippen LogP contribution in [0.4, 0.5) is 21.6 Å². The van der Waals surface area contributed by atoms with Gasteiger partial charge in [0.25, 0.3) is 0 Å². The highest BCUT2D eigenvalue weighted by molar-refractivity contribution is 5.93. The van der Waals surface area contributed by atoms with Gasteiger partial charge >= 0.3 is 0 Å². The molecule has 1 unspecified atom stereocenters. The van der Waals surface area contributed by atoms with E-state index < -0.39 is 5.82 Å². The zero-order valence-electron chi connectivity index (χ0n) is 18.9. The number of carbonyl (C=O) groups is 1. The fourth-order valence-corrected chi connectivity index (χ4v) is 3.54. The van der Waals surface area contributed by atoms with Crippen molar-refractivity contribution in [3.63, 3.8) is 0 Å². The number of amides is 1. The van der Waals surface area contributed by atoms with Crippen molar-refractivity contribution >= 4 is 34.0 Å². The van der Waals surface area contributed by atoms with E-state index in [2.05, 4.69) is 20.6 Å². The van der Waals surface area contributed by atoms with Crippen molar-refractivity contribution in [2.75, 3.05) is 57.4 Å². The molecule has 1 aliphatic rings. The summed E-state index contributed by atoms with van der Waals surface area (Å²) < 4.78 is 36.0. The Morgan fingerprint density at radius 3 is 2.76 bits per heavy atom. The quantitative estimate of drug-likeness (QED) is 0.410. The molecule has 2 aromatic carbocycles. The molecule has 0 aliphatic carbocycles. The maximum atomic E-state index is 14.8. The van der Waals surface area contributed by atoms with Gasteiger partial charge in [0.1, 0.15) is 36.9 Å². The molecule has 0 saturated carbocycles. The van der Waals surface area contributed by atoms with Crippen LogP contribution in [0.3, 0.4) is 0 Å². The molecule has 1 aromatic heterocycles. The first-order chi connectivity index (χ1) is 16.6. The fourth-order valence-electron chi connectivity index (χ4n) is 3.54. The lowest BCUT2D eigenvalue weighted by Gasteiger charge is -2.12. The molecule has 4 rings (SSSR count). The van der Waals surface area contributed by atoms with E-state index in [-0.39, 0.29) is 17.9 Å². The maximum absolute atomic E-state index is 14.8. The van der Waals surface area contributed by atoms with Gasteiger partial charge in [0, 0.05) is 43.1 Å². The first-order valence-corrected chi connectivity index (χ1v) is 11.0. The molecule has 0 bridgehead atoms. The van der Waals surface area contributed by atoms with Crippen LogP contribution < -0.4 is 15.4 Å². The smallest absolute Gasteiger partial charge is 0.250 e. The lowest BCUT2D eigenvalue weighted by atomic mass is 10.1. The van der Waals surface area contributed by atoms with Gasteiger partial charge in [-0.05, 0) is 30.7 Å². The number of hydrogen-bond acceptors (Lipinski definition) is 8. The van der Waals surface area contributed by atoms with E-state index in [1.165, 1.54) is 12.4 Å². The molecule has 1 amide bonds. The number of nitrogens with zero attached hydrogens (tertiary/aromatic N) is 2. The molecule has 34 heavy (non-hydrogen) atoms. The Balaban J connectivity index is 1.36. The first kappa shape index (κ1) is 23.8. The number of benzene rings is 2. The third-order valence-corrected chi connectivity index (χ3v) is 5.26. The average Bonchev–Trinajstić information content (AvgIpc) is 3.34. The summed E-state index contributed by atoms with van der Waals surface area (Å²) in [6, 6.07) is 9.97. The van der Waals surface area contributed by atoms with E-state index in [0.717, 1.165) is 13.0 Å². The summed E-state index contributed by atoms with van der Waals surface area (Å²) in [6.45, 7) is 2.64. The molecule has 10 heteroatoms. The number of rotatable bonds is 11. The number of hydrogen-bond donors (Lipinski definition) is 2. The highest BCUT2D eigenvalue weighted by Crippen LogP contribution is 2.29. The molecular weight excluding hydrogens is 443 g/mol. The minimum Gasteiger partial charge on any atom is -0.491 e. The zero-order valence-corrected chi connectivity index (χ0v) is 18.9. The molecule has 1 fully saturated rings. The number of anilines is 3. The minimum absolute atomic E-state index is 0.0140. The van der Waals surface area contributed by atoms with E-state index >= 15 is 0 Å². The third kappa shape index (κ3) is 6.37. The van der Waals surface area contributed by atoms with Crippen molar-refractivity contribution in [3.8, 4) is 5.75 Å². The Bertz CT molecular complexity index is 1110. The van der Waals surface area contributed by atoms with Crippen LogP contribution in [0, 0.1) is 11.7 Å². The number of halogens is 1. The normalized spacial score (nSPS) is 15.4. The predicted octanol–water partition coefficient (Wildman–Crippen LogP) is 3.53. The average molecular weight is 471 g/mol. The summed E-state index contributed by atoms with van der Waals surface area (Å²) in [5, 5.41) is 6.15. The van der Waals surface area contributed by atoms with Crippen molar-refractivity contribution < 1.29 is 28.1 Å². The number of nitrogens with one attached hydrogen (secondary N) is 2. The molecule has 0 radical (unpaired) electrons. The number of aromatic nitrogens is 2. The lowest BCUT2D eigenvalue weighted by Crippen LogP contribution is -2.20. The van der Waals surface area contributed by atoms with Gasteiger partial charge in [0.2, 0.25) is 5.91 Å². The van der Waals surface area contributed by atoms with Crippen molar-refractivity contribution in [3.05, 3.63) is 48.5 Å². The van der Waals surface area contributed by atoms with E-state index in [1.54, 1.807) is 37.4 Å². The Labute approximate surface area is 196 Å². The second-order valence-electron chi connectivity index (χ2n) is 7.86. The molecule has 0 spiro atoms. The van der Waals surface area contributed by atoms with Gasteiger partial charge in [0.05, 0.1) is 30.7 Å². The van der Waals surface area contributed by atoms with Gasteiger partial charge in [-0.25, -0.2) is 14.4 Å². The molecule has 1 atom stereocenters. The van der Waals surface area contributed by atoms with Crippen LogP contribution in [-0.4, -0.2) is 62.6 Å². The number of methoxy groups -OCH3 is 1. The molecule has 180 valence electrons. The van der Waals surface area contributed by atoms with Crippen LogP contribution in [-0.2, 0) is 19.0 Å². The van der Waals surface area contributed by atoms with E-state index in [9.17, 15) is 9.18 Å². The number of ether oxygens (including phenoxy) is 4. The Morgan fingerprint density at radius 1 is 1.18 bits per heavy atom. The number of fused-ring (bicyclic) bond motifs is 1. The minimum atomic E-state index is -0.499.